The van der Waals surface area contributed by atoms with E-state index in [0.29, 0.717) is 29.9 Å². The van der Waals surface area contributed by atoms with Crippen molar-refractivity contribution in [2.45, 2.75) is 56.1 Å². The number of fused-ring (bicyclic) bond motifs is 2. The van der Waals surface area contributed by atoms with Crippen molar-refractivity contribution < 1.29 is 23.7 Å². The average molecular weight is 554 g/mol. The summed E-state index contributed by atoms with van der Waals surface area (Å²) in [6, 6.07) is 13.8. The van der Waals surface area contributed by atoms with Gasteiger partial charge in [-0.05, 0) is 31.1 Å². The first-order valence-corrected chi connectivity index (χ1v) is 15.9. The number of likely N-dealkylation sites (N-methyl/N-ethyl adjacent to an activating group) is 1. The van der Waals surface area contributed by atoms with E-state index in [2.05, 4.69) is 10.3 Å². The molecule has 2 aliphatic heterocycles. The lowest BCUT2D eigenvalue weighted by Gasteiger charge is -2.30. The Morgan fingerprint density at radius 3 is 2.62 bits per heavy atom. The summed E-state index contributed by atoms with van der Waals surface area (Å²) in [6.07, 6.45) is 1.53. The molecule has 0 saturated carbocycles. The minimum atomic E-state index is -3.36. The number of aromatic nitrogens is 3. The predicted molar refractivity (Wildman–Crippen MR) is 145 cm³/mol. The summed E-state index contributed by atoms with van der Waals surface area (Å²) in [5, 5.41) is 30.0. The monoisotopic (exact) mass is 553 g/mol. The second-order valence-electron chi connectivity index (χ2n) is 10.9. The van der Waals surface area contributed by atoms with Crippen molar-refractivity contribution in [3.05, 3.63) is 81.7 Å². The maximum Gasteiger partial charge on any atom is 0.269 e. The molecule has 0 bridgehead atoms. The van der Waals surface area contributed by atoms with E-state index in [1.807, 2.05) is 37.3 Å². The Kier molecular flexibility index (Phi) is 6.89. The fraction of sp³-hybridized carbons (Fsp3) is 0.444. The van der Waals surface area contributed by atoms with E-state index in [-0.39, 0.29) is 24.1 Å². The van der Waals surface area contributed by atoms with Crippen LogP contribution in [0.4, 0.5) is 15.5 Å². The fourth-order valence-corrected chi connectivity index (χ4v) is 8.96. The number of anilines is 1. The van der Waals surface area contributed by atoms with Crippen molar-refractivity contribution in [2.24, 2.45) is 5.92 Å². The van der Waals surface area contributed by atoms with Gasteiger partial charge < -0.3 is 18.9 Å². The summed E-state index contributed by atoms with van der Waals surface area (Å²) in [7, 11) is -1.75. The number of nitro benzene ring substituents is 1. The third-order valence-corrected chi connectivity index (χ3v) is 10.7. The van der Waals surface area contributed by atoms with E-state index in [1.165, 1.54) is 17.0 Å². The number of hydrogen-bond donors (Lipinski definition) is 1. The summed E-state index contributed by atoms with van der Waals surface area (Å²) in [5.41, 5.74) is 0.319. The summed E-state index contributed by atoms with van der Waals surface area (Å²) in [5.74, 6) is -1.20. The highest BCUT2D eigenvalue weighted by molar-refractivity contribution is 6.72. The summed E-state index contributed by atoms with van der Waals surface area (Å²) >= 11 is 0. The highest BCUT2D eigenvalue weighted by atomic mass is 28.4. The number of rotatable bonds is 8. The first kappa shape index (κ1) is 27.1. The van der Waals surface area contributed by atoms with Crippen LogP contribution in [0.5, 0.6) is 0 Å². The summed E-state index contributed by atoms with van der Waals surface area (Å²) in [6.45, 7) is 5.28. The van der Waals surface area contributed by atoms with Gasteiger partial charge in [0.15, 0.2) is 5.60 Å². The second kappa shape index (κ2) is 9.92. The lowest BCUT2D eigenvalue weighted by molar-refractivity contribution is -0.385. The Hall–Kier alpha value is -3.48. The molecule has 2 aromatic carbocycles. The molecule has 1 amide bonds. The van der Waals surface area contributed by atoms with Crippen molar-refractivity contribution in [3.63, 3.8) is 0 Å². The van der Waals surface area contributed by atoms with Crippen molar-refractivity contribution in [3.8, 4) is 0 Å². The van der Waals surface area contributed by atoms with E-state index in [9.17, 15) is 20.0 Å². The number of carbonyl (C=O) groups excluding carboxylic acids is 1. The van der Waals surface area contributed by atoms with Crippen LogP contribution in [0.2, 0.25) is 18.6 Å². The molecule has 5 atom stereocenters. The highest BCUT2D eigenvalue weighted by Gasteiger charge is 2.66. The van der Waals surface area contributed by atoms with Gasteiger partial charge in [-0.25, -0.2) is 0 Å². The van der Waals surface area contributed by atoms with Crippen LogP contribution in [0.1, 0.15) is 36.1 Å². The molecule has 1 saturated heterocycles. The van der Waals surface area contributed by atoms with Gasteiger partial charge in [0.25, 0.3) is 11.6 Å². The number of carbonyl (C=O) groups is 1. The molecule has 1 unspecified atom stereocenters. The van der Waals surface area contributed by atoms with Crippen LogP contribution in [-0.2, 0) is 21.7 Å². The largest absolute Gasteiger partial charge is 0.395 e. The number of hydrogen-bond acceptors (Lipinski definition) is 7. The van der Waals surface area contributed by atoms with Crippen LogP contribution in [0.25, 0.3) is 0 Å². The number of non-ortho nitro benzene ring substituents is 1. The molecule has 5 rings (SSSR count). The quantitative estimate of drug-likeness (QED) is 0.192. The van der Waals surface area contributed by atoms with Crippen molar-refractivity contribution >= 4 is 25.7 Å². The minimum Gasteiger partial charge on any atom is -0.395 e. The molecule has 12 heteroatoms. The van der Waals surface area contributed by atoms with Gasteiger partial charge in [-0.3, -0.25) is 19.6 Å². The van der Waals surface area contributed by atoms with Gasteiger partial charge in [0.05, 0.1) is 34.9 Å². The Morgan fingerprint density at radius 1 is 1.26 bits per heavy atom. The maximum atomic E-state index is 15.9. The van der Waals surface area contributed by atoms with Crippen LogP contribution < -0.4 is 4.90 Å². The van der Waals surface area contributed by atoms with E-state index in [4.69, 9.17) is 4.74 Å². The van der Waals surface area contributed by atoms with Gasteiger partial charge in [0.2, 0.25) is 8.41 Å². The van der Waals surface area contributed by atoms with Crippen LogP contribution in [0.15, 0.2) is 54.7 Å². The molecular formula is C27H32FN5O5Si. The average Bonchev–Trinajstić information content (AvgIpc) is 3.55. The normalized spacial score (nSPS) is 25.3. The van der Waals surface area contributed by atoms with Crippen LogP contribution in [-0.4, -0.2) is 59.1 Å². The molecule has 1 spiro atoms. The van der Waals surface area contributed by atoms with Gasteiger partial charge in [0.1, 0.15) is 0 Å². The smallest absolute Gasteiger partial charge is 0.269 e. The number of benzene rings is 2. The molecule has 0 aliphatic carbocycles. The van der Waals surface area contributed by atoms with Gasteiger partial charge in [-0.2, -0.15) is 0 Å². The zero-order valence-corrected chi connectivity index (χ0v) is 23.3. The molecule has 1 N–H and O–H groups in total. The standard InChI is InChI=1S/C27H32FN5O5Si/c1-17-25(39(3,4)28)24(12-13-32-15-22(29-30-32)20(16-34)18-8-6-5-7-9-18)38-27(17)21-14-19(33(36)37)10-11-23(21)31(2)26(27)35/h5-11,14-15,17,20,24-25,34H,12-13,16H2,1-4H3/t17-,20?,24+,25-,27+/m0/s1. The number of amides is 1. The Morgan fingerprint density at radius 2 is 1.97 bits per heavy atom. The van der Waals surface area contributed by atoms with Gasteiger partial charge in [-0.1, -0.05) is 42.5 Å². The molecule has 1 aromatic heterocycles. The lowest BCUT2D eigenvalue weighted by atomic mass is 9.82. The van der Waals surface area contributed by atoms with Crippen molar-refractivity contribution in [1.82, 2.24) is 15.0 Å². The van der Waals surface area contributed by atoms with Crippen LogP contribution >= 0.6 is 0 Å². The molecule has 206 valence electrons. The Labute approximate surface area is 226 Å². The molecule has 3 heterocycles. The van der Waals surface area contributed by atoms with Gasteiger partial charge in [0, 0.05) is 48.9 Å². The molecular weight excluding hydrogens is 521 g/mol. The number of aliphatic hydroxyl groups is 1. The van der Waals surface area contributed by atoms with E-state index < -0.39 is 36.5 Å². The lowest BCUT2D eigenvalue weighted by Crippen LogP contribution is -2.44. The van der Waals surface area contributed by atoms with Crippen LogP contribution in [0, 0.1) is 16.0 Å². The number of ether oxygens (including phenoxy) is 1. The highest BCUT2D eigenvalue weighted by Crippen LogP contribution is 2.60. The number of aliphatic hydroxyl groups excluding tert-OH is 1. The number of nitro groups is 1. The van der Waals surface area contributed by atoms with E-state index in [0.717, 1.165) is 5.56 Å². The molecule has 39 heavy (non-hydrogen) atoms. The third kappa shape index (κ3) is 4.45. The number of halogens is 1. The zero-order valence-electron chi connectivity index (χ0n) is 22.3. The first-order chi connectivity index (χ1) is 18.5. The third-order valence-electron chi connectivity index (χ3n) is 8.23. The second-order valence-corrected chi connectivity index (χ2v) is 14.7. The summed E-state index contributed by atoms with van der Waals surface area (Å²) in [4.78, 5) is 26.2. The first-order valence-electron chi connectivity index (χ1n) is 13.0. The molecule has 3 aromatic rings. The molecule has 0 radical (unpaired) electrons. The topological polar surface area (TPSA) is 124 Å². The van der Waals surface area contributed by atoms with Crippen molar-refractivity contribution in [2.75, 3.05) is 18.6 Å². The van der Waals surface area contributed by atoms with E-state index in [1.54, 1.807) is 37.1 Å². The van der Waals surface area contributed by atoms with Crippen LogP contribution in [0.3, 0.4) is 0 Å². The number of nitrogens with zero attached hydrogens (tertiary/aromatic N) is 5. The molecule has 1 fully saturated rings. The Bertz CT molecular complexity index is 1400. The summed E-state index contributed by atoms with van der Waals surface area (Å²) < 4.78 is 24.1. The predicted octanol–water partition coefficient (Wildman–Crippen LogP) is 4.15. The zero-order chi connectivity index (χ0) is 28.1. The number of aryl methyl sites for hydroxylation is 1. The minimum absolute atomic E-state index is 0.126. The maximum absolute atomic E-state index is 15.9. The SMILES string of the molecule is C[C@H]1[C@H]([Si](C)(C)F)[C@@H](CCn2cc(C(CO)c3ccccc3)nn2)O[C@]12C(=O)N(C)c1ccc([N+](=O)[O-])cc12. The fourth-order valence-electron chi connectivity index (χ4n) is 6.42. The Balaban J connectivity index is 1.44. The molecule has 10 nitrogen and oxygen atoms in total. The van der Waals surface area contributed by atoms with E-state index >= 15 is 4.11 Å². The van der Waals surface area contributed by atoms with Gasteiger partial charge in [-0.15, -0.1) is 5.10 Å². The molecule has 2 aliphatic rings. The van der Waals surface area contributed by atoms with Crippen molar-refractivity contribution in [1.29, 1.82) is 0 Å². The van der Waals surface area contributed by atoms with Gasteiger partial charge >= 0.3 is 0 Å².